The minimum atomic E-state index is 0.159. The molecule has 6 nitrogen and oxygen atoms in total. The number of benzene rings is 1. The zero-order chi connectivity index (χ0) is 14.1. The summed E-state index contributed by atoms with van der Waals surface area (Å²) in [4.78, 5) is 4.34. The summed E-state index contributed by atoms with van der Waals surface area (Å²) >= 11 is 0. The highest BCUT2D eigenvalue weighted by molar-refractivity contribution is 5.62. The highest BCUT2D eigenvalue weighted by Gasteiger charge is 2.14. The van der Waals surface area contributed by atoms with E-state index in [1.54, 1.807) is 24.3 Å². The van der Waals surface area contributed by atoms with Crippen LogP contribution in [0.4, 0.5) is 0 Å². The van der Waals surface area contributed by atoms with Crippen molar-refractivity contribution in [2.45, 2.75) is 13.8 Å². The Morgan fingerprint density at radius 3 is 2.75 bits per heavy atom. The van der Waals surface area contributed by atoms with Gasteiger partial charge in [0.2, 0.25) is 5.82 Å². The molecular formula is C14H12N4O2. The van der Waals surface area contributed by atoms with E-state index in [9.17, 15) is 5.11 Å². The van der Waals surface area contributed by atoms with Gasteiger partial charge >= 0.3 is 0 Å². The lowest BCUT2D eigenvalue weighted by molar-refractivity contribution is 0.431. The van der Waals surface area contributed by atoms with Gasteiger partial charge in [-0.15, -0.1) is 0 Å². The van der Waals surface area contributed by atoms with Gasteiger partial charge in [0.25, 0.3) is 5.89 Å². The van der Waals surface area contributed by atoms with Gasteiger partial charge in [-0.2, -0.15) is 15.2 Å². The molecular weight excluding hydrogens is 256 g/mol. The van der Waals surface area contributed by atoms with E-state index in [-0.39, 0.29) is 5.75 Å². The molecule has 3 rings (SSSR count). The first kappa shape index (κ1) is 12.3. The molecule has 0 fully saturated rings. The van der Waals surface area contributed by atoms with Gasteiger partial charge < -0.3 is 9.63 Å². The van der Waals surface area contributed by atoms with Gasteiger partial charge in [0.1, 0.15) is 5.75 Å². The zero-order valence-electron chi connectivity index (χ0n) is 11.0. The lowest BCUT2D eigenvalue weighted by Crippen LogP contribution is -1.93. The van der Waals surface area contributed by atoms with Crippen LogP contribution in [0.15, 0.2) is 34.9 Å². The lowest BCUT2D eigenvalue weighted by Gasteiger charge is -1.99. The number of hydrogen-bond acceptors (Lipinski definition) is 6. The molecule has 2 heterocycles. The Bertz CT molecular complexity index is 767. The van der Waals surface area contributed by atoms with Gasteiger partial charge in [0, 0.05) is 5.56 Å². The van der Waals surface area contributed by atoms with Gasteiger partial charge in [-0.05, 0) is 32.0 Å². The standard InChI is InChI=1S/C14H12N4O2/c1-8-6-12(9(2)17-16-8)14-15-13(18-20-14)10-4-3-5-11(19)7-10/h3-7,19H,1-2H3. The molecule has 0 aliphatic carbocycles. The molecule has 6 heteroatoms. The summed E-state index contributed by atoms with van der Waals surface area (Å²) < 4.78 is 5.27. The second kappa shape index (κ2) is 4.73. The van der Waals surface area contributed by atoms with Crippen molar-refractivity contribution in [2.75, 3.05) is 0 Å². The molecule has 0 aliphatic heterocycles. The highest BCUT2D eigenvalue weighted by atomic mass is 16.5. The average Bonchev–Trinajstić information content (AvgIpc) is 2.91. The molecule has 3 aromatic rings. The van der Waals surface area contributed by atoms with Crippen LogP contribution in [0.5, 0.6) is 5.75 Å². The molecule has 0 radical (unpaired) electrons. The third kappa shape index (κ3) is 2.23. The fraction of sp³-hybridized carbons (Fsp3) is 0.143. The van der Waals surface area contributed by atoms with Gasteiger partial charge in [-0.25, -0.2) is 0 Å². The zero-order valence-corrected chi connectivity index (χ0v) is 11.0. The average molecular weight is 268 g/mol. The SMILES string of the molecule is Cc1cc(-c2nc(-c3cccc(O)c3)no2)c(C)nn1. The molecule has 100 valence electrons. The van der Waals surface area contributed by atoms with Gasteiger partial charge in [-0.1, -0.05) is 17.3 Å². The number of nitrogens with zero attached hydrogens (tertiary/aromatic N) is 4. The molecule has 2 aromatic heterocycles. The summed E-state index contributed by atoms with van der Waals surface area (Å²) in [6, 6.07) is 8.55. The number of rotatable bonds is 2. The van der Waals surface area contributed by atoms with E-state index in [1.807, 2.05) is 19.9 Å². The van der Waals surface area contributed by atoms with E-state index in [1.165, 1.54) is 0 Å². The topological polar surface area (TPSA) is 84.9 Å². The number of phenols is 1. The van der Waals surface area contributed by atoms with Crippen LogP contribution in [0.2, 0.25) is 0 Å². The lowest BCUT2D eigenvalue weighted by atomic mass is 10.2. The van der Waals surface area contributed by atoms with Crippen molar-refractivity contribution in [3.8, 4) is 28.6 Å². The van der Waals surface area contributed by atoms with Crippen molar-refractivity contribution >= 4 is 0 Å². The number of aromatic hydroxyl groups is 1. The minimum absolute atomic E-state index is 0.159. The van der Waals surface area contributed by atoms with Crippen LogP contribution in [0.25, 0.3) is 22.8 Å². The van der Waals surface area contributed by atoms with Crippen LogP contribution in [-0.4, -0.2) is 25.4 Å². The molecule has 0 saturated carbocycles. The van der Waals surface area contributed by atoms with Crippen molar-refractivity contribution in [2.24, 2.45) is 0 Å². The largest absolute Gasteiger partial charge is 0.508 e. The molecule has 0 saturated heterocycles. The monoisotopic (exact) mass is 268 g/mol. The summed E-state index contributed by atoms with van der Waals surface area (Å²) in [5, 5.41) is 21.4. The van der Waals surface area contributed by atoms with E-state index in [2.05, 4.69) is 20.3 Å². The van der Waals surface area contributed by atoms with Crippen molar-refractivity contribution < 1.29 is 9.63 Å². The number of aryl methyl sites for hydroxylation is 2. The smallest absolute Gasteiger partial charge is 0.260 e. The Morgan fingerprint density at radius 2 is 1.95 bits per heavy atom. The molecule has 0 amide bonds. The van der Waals surface area contributed by atoms with Crippen molar-refractivity contribution in [1.29, 1.82) is 0 Å². The van der Waals surface area contributed by atoms with Crippen LogP contribution < -0.4 is 0 Å². The van der Waals surface area contributed by atoms with Crippen molar-refractivity contribution in [3.05, 3.63) is 41.7 Å². The first-order valence-electron chi connectivity index (χ1n) is 6.08. The van der Waals surface area contributed by atoms with Crippen LogP contribution in [0, 0.1) is 13.8 Å². The summed E-state index contributed by atoms with van der Waals surface area (Å²) in [5.74, 6) is 0.968. The minimum Gasteiger partial charge on any atom is -0.508 e. The molecule has 0 aliphatic rings. The predicted octanol–water partition coefficient (Wildman–Crippen LogP) is 2.52. The number of aromatic nitrogens is 4. The Balaban J connectivity index is 2.04. The maximum absolute atomic E-state index is 9.47. The summed E-state index contributed by atoms with van der Waals surface area (Å²) in [7, 11) is 0. The van der Waals surface area contributed by atoms with Gasteiger partial charge in [0.15, 0.2) is 0 Å². The van der Waals surface area contributed by atoms with Crippen LogP contribution in [-0.2, 0) is 0 Å². The Hall–Kier alpha value is -2.76. The highest BCUT2D eigenvalue weighted by Crippen LogP contribution is 2.25. The molecule has 0 atom stereocenters. The van der Waals surface area contributed by atoms with Gasteiger partial charge in [0.05, 0.1) is 17.0 Å². The van der Waals surface area contributed by atoms with Crippen molar-refractivity contribution in [3.63, 3.8) is 0 Å². The first-order valence-corrected chi connectivity index (χ1v) is 6.08. The van der Waals surface area contributed by atoms with Crippen LogP contribution in [0.3, 0.4) is 0 Å². The normalized spacial score (nSPS) is 10.7. The molecule has 0 spiro atoms. The fourth-order valence-corrected chi connectivity index (χ4v) is 1.86. The molecule has 0 bridgehead atoms. The second-order valence-electron chi connectivity index (χ2n) is 4.46. The Morgan fingerprint density at radius 1 is 1.10 bits per heavy atom. The fourth-order valence-electron chi connectivity index (χ4n) is 1.86. The Labute approximate surface area is 115 Å². The van der Waals surface area contributed by atoms with E-state index < -0.39 is 0 Å². The predicted molar refractivity (Wildman–Crippen MR) is 71.9 cm³/mol. The summed E-state index contributed by atoms with van der Waals surface area (Å²) in [5.41, 5.74) is 2.96. The van der Waals surface area contributed by atoms with E-state index in [0.29, 0.717) is 17.3 Å². The third-order valence-electron chi connectivity index (χ3n) is 2.86. The maximum Gasteiger partial charge on any atom is 0.260 e. The molecule has 20 heavy (non-hydrogen) atoms. The van der Waals surface area contributed by atoms with Crippen molar-refractivity contribution in [1.82, 2.24) is 20.3 Å². The Kier molecular flexibility index (Phi) is 2.90. The summed E-state index contributed by atoms with van der Waals surface area (Å²) in [6.07, 6.45) is 0. The van der Waals surface area contributed by atoms with Crippen LogP contribution in [0.1, 0.15) is 11.4 Å². The van der Waals surface area contributed by atoms with E-state index >= 15 is 0 Å². The van der Waals surface area contributed by atoms with E-state index in [0.717, 1.165) is 17.0 Å². The quantitative estimate of drug-likeness (QED) is 0.768. The molecule has 0 unspecified atom stereocenters. The van der Waals surface area contributed by atoms with E-state index in [4.69, 9.17) is 4.52 Å². The molecule has 1 N–H and O–H groups in total. The number of phenolic OH excluding ortho intramolecular Hbond substituents is 1. The second-order valence-corrected chi connectivity index (χ2v) is 4.46. The number of hydrogen-bond donors (Lipinski definition) is 1. The van der Waals surface area contributed by atoms with Gasteiger partial charge in [-0.3, -0.25) is 0 Å². The van der Waals surface area contributed by atoms with Crippen LogP contribution >= 0.6 is 0 Å². The first-order chi connectivity index (χ1) is 9.63. The molecule has 1 aromatic carbocycles. The maximum atomic E-state index is 9.47. The summed E-state index contributed by atoms with van der Waals surface area (Å²) in [6.45, 7) is 3.68. The third-order valence-corrected chi connectivity index (χ3v) is 2.86.